The Morgan fingerprint density at radius 1 is 0.821 bits per heavy atom. The maximum Gasteiger partial charge on any atom is 0.332 e. The van der Waals surface area contributed by atoms with Crippen molar-refractivity contribution in [3.05, 3.63) is 103 Å². The van der Waals surface area contributed by atoms with Gasteiger partial charge in [0.1, 0.15) is 5.82 Å². The lowest BCUT2D eigenvalue weighted by molar-refractivity contribution is 0.103. The number of nitrogens with one attached hydrogen (secondary N) is 1. The molecule has 2 aliphatic rings. The third-order valence-corrected chi connectivity index (χ3v) is 5.61. The number of benzene rings is 2. The summed E-state index contributed by atoms with van der Waals surface area (Å²) >= 11 is 0. The second-order valence-corrected chi connectivity index (χ2v) is 7.10. The SMILES string of the molecule is Cn1c2c(c(=O)n(C)c1=O)[C@@H](c1ccccc1)C1=C(N2)c2ccccc2C1=O. The molecule has 0 bridgehead atoms. The Bertz CT molecular complexity index is 1310. The van der Waals surface area contributed by atoms with Gasteiger partial charge in [0.15, 0.2) is 5.78 Å². The maximum atomic E-state index is 13.3. The van der Waals surface area contributed by atoms with Gasteiger partial charge in [-0.2, -0.15) is 0 Å². The zero-order valence-corrected chi connectivity index (χ0v) is 15.4. The molecule has 138 valence electrons. The topological polar surface area (TPSA) is 73.1 Å². The molecule has 3 aromatic rings. The van der Waals surface area contributed by atoms with E-state index in [0.29, 0.717) is 28.2 Å². The van der Waals surface area contributed by atoms with Crippen LogP contribution in [0.25, 0.3) is 5.70 Å². The van der Waals surface area contributed by atoms with Crippen LogP contribution in [0.4, 0.5) is 5.82 Å². The van der Waals surface area contributed by atoms with E-state index in [9.17, 15) is 14.4 Å². The number of Topliss-reactive ketones (excluding diaryl/α,β-unsaturated/α-hetero) is 1. The van der Waals surface area contributed by atoms with Gasteiger partial charge in [0.2, 0.25) is 0 Å². The van der Waals surface area contributed by atoms with Gasteiger partial charge >= 0.3 is 5.69 Å². The lowest BCUT2D eigenvalue weighted by Gasteiger charge is -2.29. The molecule has 1 aliphatic carbocycles. The van der Waals surface area contributed by atoms with Crippen LogP contribution in [0.1, 0.15) is 33.0 Å². The van der Waals surface area contributed by atoms with Gasteiger partial charge in [-0.15, -0.1) is 0 Å². The minimum atomic E-state index is -0.544. The fourth-order valence-corrected chi connectivity index (χ4v) is 4.24. The monoisotopic (exact) mass is 371 g/mol. The number of allylic oxidation sites excluding steroid dienone is 1. The normalized spacial score (nSPS) is 17.1. The van der Waals surface area contributed by atoms with E-state index in [1.165, 1.54) is 11.6 Å². The molecule has 0 radical (unpaired) electrons. The van der Waals surface area contributed by atoms with E-state index >= 15 is 0 Å². The average molecular weight is 371 g/mol. The van der Waals surface area contributed by atoms with Crippen LogP contribution in [0.2, 0.25) is 0 Å². The fraction of sp³-hybridized carbons (Fsp3) is 0.136. The van der Waals surface area contributed by atoms with Gasteiger partial charge in [-0.05, 0) is 5.56 Å². The van der Waals surface area contributed by atoms with E-state index in [4.69, 9.17) is 0 Å². The van der Waals surface area contributed by atoms with Crippen LogP contribution in [-0.2, 0) is 14.1 Å². The van der Waals surface area contributed by atoms with Crippen molar-refractivity contribution in [3.8, 4) is 0 Å². The Morgan fingerprint density at radius 3 is 2.18 bits per heavy atom. The molecule has 0 saturated heterocycles. The Morgan fingerprint density at radius 2 is 1.46 bits per heavy atom. The summed E-state index contributed by atoms with van der Waals surface area (Å²) < 4.78 is 2.52. The smallest absolute Gasteiger partial charge is 0.332 e. The van der Waals surface area contributed by atoms with Crippen molar-refractivity contribution in [2.24, 2.45) is 14.1 Å². The number of aromatic nitrogens is 2. The Balaban J connectivity index is 1.90. The van der Waals surface area contributed by atoms with E-state index in [2.05, 4.69) is 5.32 Å². The highest BCUT2D eigenvalue weighted by Crippen LogP contribution is 2.47. The zero-order valence-electron chi connectivity index (χ0n) is 15.4. The molecule has 0 fully saturated rings. The Labute approximate surface area is 160 Å². The van der Waals surface area contributed by atoms with Crippen molar-refractivity contribution in [1.82, 2.24) is 9.13 Å². The molecule has 6 nitrogen and oxygen atoms in total. The summed E-state index contributed by atoms with van der Waals surface area (Å²) in [6, 6.07) is 16.9. The third kappa shape index (κ3) is 2.00. The van der Waals surface area contributed by atoms with Crippen molar-refractivity contribution in [3.63, 3.8) is 0 Å². The second kappa shape index (κ2) is 5.66. The van der Waals surface area contributed by atoms with E-state index in [-0.39, 0.29) is 5.78 Å². The summed E-state index contributed by atoms with van der Waals surface area (Å²) in [5.74, 6) is -0.198. The largest absolute Gasteiger partial charge is 0.340 e. The first-order valence-corrected chi connectivity index (χ1v) is 9.01. The number of ketones is 1. The standard InChI is InChI=1S/C22H17N3O3/c1-24-20-17(21(27)25(2)22(24)28)15(12-8-4-3-5-9-12)16-18(23-20)13-10-6-7-11-14(13)19(16)26/h3-11,15,23H,1-2H3/t15-/m0/s1. The lowest BCUT2D eigenvalue weighted by atomic mass is 9.81. The number of anilines is 1. The van der Waals surface area contributed by atoms with Gasteiger partial charge < -0.3 is 5.32 Å². The summed E-state index contributed by atoms with van der Waals surface area (Å²) in [6.45, 7) is 0. The van der Waals surface area contributed by atoms with E-state index in [1.54, 1.807) is 13.1 Å². The summed E-state index contributed by atoms with van der Waals surface area (Å²) in [7, 11) is 3.09. The number of carbonyl (C=O) groups is 1. The first kappa shape index (κ1) is 16.5. The van der Waals surface area contributed by atoms with Crippen molar-refractivity contribution in [1.29, 1.82) is 0 Å². The number of hydrogen-bond donors (Lipinski definition) is 1. The zero-order chi connectivity index (χ0) is 19.6. The van der Waals surface area contributed by atoms with Crippen LogP contribution in [0.5, 0.6) is 0 Å². The maximum absolute atomic E-state index is 13.3. The minimum absolute atomic E-state index is 0.0893. The van der Waals surface area contributed by atoms with Crippen molar-refractivity contribution >= 4 is 17.3 Å². The van der Waals surface area contributed by atoms with Crippen molar-refractivity contribution in [2.75, 3.05) is 5.32 Å². The lowest BCUT2D eigenvalue weighted by Crippen LogP contribution is -2.42. The molecule has 28 heavy (non-hydrogen) atoms. The molecule has 0 unspecified atom stereocenters. The first-order chi connectivity index (χ1) is 13.5. The van der Waals surface area contributed by atoms with Gasteiger partial charge in [0.25, 0.3) is 5.56 Å². The summed E-state index contributed by atoms with van der Waals surface area (Å²) in [6.07, 6.45) is 0. The first-order valence-electron chi connectivity index (χ1n) is 9.01. The van der Waals surface area contributed by atoms with Crippen molar-refractivity contribution < 1.29 is 4.79 Å². The molecule has 1 aliphatic heterocycles. The molecule has 2 heterocycles. The van der Waals surface area contributed by atoms with Crippen LogP contribution in [0.3, 0.4) is 0 Å². The van der Waals surface area contributed by atoms with E-state index < -0.39 is 17.2 Å². The highest BCUT2D eigenvalue weighted by molar-refractivity contribution is 6.23. The molecule has 0 spiro atoms. The van der Waals surface area contributed by atoms with Gasteiger partial charge in [-0.25, -0.2) is 4.79 Å². The highest BCUT2D eigenvalue weighted by atomic mass is 16.2. The third-order valence-electron chi connectivity index (χ3n) is 5.61. The van der Waals surface area contributed by atoms with Crippen LogP contribution in [0.15, 0.2) is 69.8 Å². The van der Waals surface area contributed by atoms with Gasteiger partial charge in [-0.3, -0.25) is 18.7 Å². The van der Waals surface area contributed by atoms with Gasteiger partial charge in [0, 0.05) is 36.7 Å². The molecule has 1 atom stereocenters. The van der Waals surface area contributed by atoms with Crippen LogP contribution in [0, 0.1) is 0 Å². The molecule has 5 rings (SSSR count). The van der Waals surface area contributed by atoms with Crippen LogP contribution < -0.4 is 16.6 Å². The quantitative estimate of drug-likeness (QED) is 0.712. The molecule has 2 aromatic carbocycles. The van der Waals surface area contributed by atoms with E-state index in [0.717, 1.165) is 15.7 Å². The molecule has 1 aromatic heterocycles. The Hall–Kier alpha value is -3.67. The summed E-state index contributed by atoms with van der Waals surface area (Å²) in [4.78, 5) is 38.9. The second-order valence-electron chi connectivity index (χ2n) is 7.10. The number of rotatable bonds is 1. The molecular formula is C22H17N3O3. The molecule has 6 heteroatoms. The number of nitrogens with zero attached hydrogens (tertiary/aromatic N) is 2. The van der Waals surface area contributed by atoms with E-state index in [1.807, 2.05) is 48.5 Å². The molecular weight excluding hydrogens is 354 g/mol. The molecule has 1 N–H and O–H groups in total. The molecule has 0 amide bonds. The summed E-state index contributed by atoms with van der Waals surface area (Å²) in [5.41, 5.74) is 3.07. The predicted octanol–water partition coefficient (Wildman–Crippen LogP) is 2.25. The summed E-state index contributed by atoms with van der Waals surface area (Å²) in [5, 5.41) is 3.23. The van der Waals surface area contributed by atoms with Gasteiger partial charge in [-0.1, -0.05) is 54.6 Å². The van der Waals surface area contributed by atoms with Gasteiger partial charge in [0.05, 0.1) is 11.3 Å². The highest BCUT2D eigenvalue weighted by Gasteiger charge is 2.42. The Kier molecular flexibility index (Phi) is 3.34. The number of carbonyl (C=O) groups excluding carboxylic acids is 1. The number of hydrogen-bond acceptors (Lipinski definition) is 4. The van der Waals surface area contributed by atoms with Crippen molar-refractivity contribution in [2.45, 2.75) is 5.92 Å². The number of fused-ring (bicyclic) bond motifs is 3. The predicted molar refractivity (Wildman–Crippen MR) is 107 cm³/mol. The molecule has 0 saturated carbocycles. The minimum Gasteiger partial charge on any atom is -0.340 e. The fourth-order valence-electron chi connectivity index (χ4n) is 4.24. The van der Waals surface area contributed by atoms with Crippen LogP contribution in [-0.4, -0.2) is 14.9 Å². The van der Waals surface area contributed by atoms with Crippen LogP contribution >= 0.6 is 0 Å². The average Bonchev–Trinajstić information content (AvgIpc) is 3.02.